The number of H-pyrrole nitrogens is 1. The summed E-state index contributed by atoms with van der Waals surface area (Å²) < 4.78 is 10.5. The second-order valence-corrected chi connectivity index (χ2v) is 7.49. The number of methoxy groups -OCH3 is 1. The molecule has 1 amide bonds. The summed E-state index contributed by atoms with van der Waals surface area (Å²) in [6.07, 6.45) is 0.698. The minimum Gasteiger partial charge on any atom is -0.497 e. The standard InChI is InChI=1S/C22H24N4O4/c1-4-15-9-20(30-25-15)22(28)26-11-17(14-5-7-16(29-3)8-6-14)18(12-26)19-10-21(27)24-13(2)23-19/h5-10,17-18H,4,11-12H2,1-3H3,(H,23,24,27)/t17-,18+/m0/s1. The van der Waals surface area contributed by atoms with E-state index in [0.29, 0.717) is 31.0 Å². The molecule has 3 aromatic rings. The van der Waals surface area contributed by atoms with Gasteiger partial charge in [-0.25, -0.2) is 4.98 Å². The molecule has 3 heterocycles. The summed E-state index contributed by atoms with van der Waals surface area (Å²) in [4.78, 5) is 34.1. The van der Waals surface area contributed by atoms with Gasteiger partial charge in [0.25, 0.3) is 11.5 Å². The number of hydrogen-bond donors (Lipinski definition) is 1. The van der Waals surface area contributed by atoms with E-state index in [0.717, 1.165) is 17.0 Å². The third-order valence-corrected chi connectivity index (χ3v) is 5.54. The molecule has 1 aliphatic rings. The van der Waals surface area contributed by atoms with Crippen molar-refractivity contribution in [1.82, 2.24) is 20.0 Å². The van der Waals surface area contributed by atoms with Crippen molar-refractivity contribution in [3.8, 4) is 5.75 Å². The Morgan fingerprint density at radius 2 is 1.97 bits per heavy atom. The first kappa shape index (κ1) is 19.9. The summed E-state index contributed by atoms with van der Waals surface area (Å²) in [5.41, 5.74) is 2.29. The lowest BCUT2D eigenvalue weighted by Gasteiger charge is -2.18. The molecule has 30 heavy (non-hydrogen) atoms. The van der Waals surface area contributed by atoms with Crippen molar-refractivity contribution in [2.24, 2.45) is 0 Å². The van der Waals surface area contributed by atoms with Crippen LogP contribution in [0.25, 0.3) is 0 Å². The third kappa shape index (κ3) is 3.85. The van der Waals surface area contributed by atoms with Crippen molar-refractivity contribution in [3.63, 3.8) is 0 Å². The summed E-state index contributed by atoms with van der Waals surface area (Å²) >= 11 is 0. The fourth-order valence-electron chi connectivity index (χ4n) is 3.99. The Morgan fingerprint density at radius 3 is 2.60 bits per heavy atom. The van der Waals surface area contributed by atoms with Gasteiger partial charge in [-0.1, -0.05) is 24.2 Å². The topological polar surface area (TPSA) is 101 Å². The summed E-state index contributed by atoms with van der Waals surface area (Å²) in [6, 6.07) is 11.0. The van der Waals surface area contributed by atoms with Gasteiger partial charge in [0.2, 0.25) is 5.76 Å². The van der Waals surface area contributed by atoms with Crippen molar-refractivity contribution in [1.29, 1.82) is 0 Å². The summed E-state index contributed by atoms with van der Waals surface area (Å²) in [5.74, 6) is 1.22. The number of aromatic nitrogens is 3. The van der Waals surface area contributed by atoms with E-state index in [1.807, 2.05) is 31.2 Å². The van der Waals surface area contributed by atoms with Crippen molar-refractivity contribution in [2.45, 2.75) is 32.1 Å². The number of nitrogens with zero attached hydrogens (tertiary/aromatic N) is 3. The van der Waals surface area contributed by atoms with Gasteiger partial charge in [0.05, 0.1) is 18.5 Å². The number of hydrogen-bond acceptors (Lipinski definition) is 6. The maximum atomic E-state index is 13.0. The largest absolute Gasteiger partial charge is 0.497 e. The van der Waals surface area contributed by atoms with Crippen LogP contribution in [-0.2, 0) is 6.42 Å². The van der Waals surface area contributed by atoms with E-state index in [1.165, 1.54) is 6.07 Å². The molecule has 2 aromatic heterocycles. The summed E-state index contributed by atoms with van der Waals surface area (Å²) in [7, 11) is 1.62. The van der Waals surface area contributed by atoms with Crippen LogP contribution < -0.4 is 10.3 Å². The number of aromatic amines is 1. The first-order chi connectivity index (χ1) is 14.5. The minimum atomic E-state index is -0.204. The van der Waals surface area contributed by atoms with Gasteiger partial charge in [0, 0.05) is 37.1 Å². The van der Waals surface area contributed by atoms with Crippen molar-refractivity contribution in [2.75, 3.05) is 20.2 Å². The molecule has 4 rings (SSSR count). The molecule has 0 unspecified atom stereocenters. The molecule has 0 aliphatic carbocycles. The van der Waals surface area contributed by atoms with Crippen LogP contribution in [0.1, 0.15) is 52.1 Å². The molecule has 8 heteroatoms. The summed E-state index contributed by atoms with van der Waals surface area (Å²) in [5, 5.41) is 3.93. The molecule has 0 bridgehead atoms. The zero-order valence-electron chi connectivity index (χ0n) is 17.2. The fourth-order valence-corrected chi connectivity index (χ4v) is 3.99. The number of nitrogens with one attached hydrogen (secondary N) is 1. The smallest absolute Gasteiger partial charge is 0.292 e. The van der Waals surface area contributed by atoms with E-state index in [4.69, 9.17) is 9.26 Å². The van der Waals surface area contributed by atoms with Gasteiger partial charge < -0.3 is 19.1 Å². The van der Waals surface area contributed by atoms with Gasteiger partial charge >= 0.3 is 0 Å². The highest BCUT2D eigenvalue weighted by molar-refractivity contribution is 5.91. The lowest BCUT2D eigenvalue weighted by atomic mass is 9.86. The lowest BCUT2D eigenvalue weighted by Crippen LogP contribution is -2.28. The molecule has 0 saturated carbocycles. The van der Waals surface area contributed by atoms with Crippen LogP contribution in [0.2, 0.25) is 0 Å². The Balaban J connectivity index is 1.68. The van der Waals surface area contributed by atoms with Gasteiger partial charge in [-0.3, -0.25) is 9.59 Å². The monoisotopic (exact) mass is 408 g/mol. The van der Waals surface area contributed by atoms with Gasteiger partial charge in [0.15, 0.2) is 0 Å². The van der Waals surface area contributed by atoms with E-state index in [1.54, 1.807) is 25.0 Å². The van der Waals surface area contributed by atoms with Crippen LogP contribution >= 0.6 is 0 Å². The molecular formula is C22H24N4O4. The molecule has 1 fully saturated rings. The number of carbonyl (C=O) groups excluding carboxylic acids is 1. The Labute approximate surface area is 173 Å². The molecule has 0 spiro atoms. The Hall–Kier alpha value is -3.42. The molecule has 2 atom stereocenters. The van der Waals surface area contributed by atoms with Crippen molar-refractivity contribution in [3.05, 3.63) is 75.3 Å². The van der Waals surface area contributed by atoms with Crippen LogP contribution in [0.15, 0.2) is 45.7 Å². The first-order valence-corrected chi connectivity index (χ1v) is 9.95. The van der Waals surface area contributed by atoms with Crippen molar-refractivity contribution < 1.29 is 14.1 Å². The Morgan fingerprint density at radius 1 is 1.23 bits per heavy atom. The van der Waals surface area contributed by atoms with Gasteiger partial charge in [-0.05, 0) is 31.0 Å². The van der Waals surface area contributed by atoms with Crippen LogP contribution in [-0.4, -0.2) is 46.1 Å². The number of carbonyl (C=O) groups is 1. The zero-order valence-corrected chi connectivity index (χ0v) is 17.2. The molecule has 1 aliphatic heterocycles. The van der Waals surface area contributed by atoms with Crippen LogP contribution in [0.3, 0.4) is 0 Å². The maximum absolute atomic E-state index is 13.0. The second kappa shape index (κ2) is 8.14. The average Bonchev–Trinajstić information content (AvgIpc) is 3.40. The second-order valence-electron chi connectivity index (χ2n) is 7.49. The molecule has 1 saturated heterocycles. The predicted molar refractivity (Wildman–Crippen MR) is 110 cm³/mol. The Bertz CT molecular complexity index is 1100. The highest BCUT2D eigenvalue weighted by Crippen LogP contribution is 2.39. The first-order valence-electron chi connectivity index (χ1n) is 9.95. The lowest BCUT2D eigenvalue weighted by molar-refractivity contribution is 0.0747. The van der Waals surface area contributed by atoms with E-state index in [-0.39, 0.29) is 29.1 Å². The molecule has 0 radical (unpaired) electrons. The molecule has 8 nitrogen and oxygen atoms in total. The molecule has 1 N–H and O–H groups in total. The average molecular weight is 408 g/mol. The number of amides is 1. The van der Waals surface area contributed by atoms with Crippen LogP contribution in [0.5, 0.6) is 5.75 Å². The molecule has 156 valence electrons. The highest BCUT2D eigenvalue weighted by atomic mass is 16.5. The fraction of sp³-hybridized carbons (Fsp3) is 0.364. The van der Waals surface area contributed by atoms with Gasteiger partial charge in [-0.2, -0.15) is 0 Å². The summed E-state index contributed by atoms with van der Waals surface area (Å²) in [6.45, 7) is 4.64. The minimum absolute atomic E-state index is 0.0119. The van der Waals surface area contributed by atoms with E-state index >= 15 is 0 Å². The van der Waals surface area contributed by atoms with E-state index in [9.17, 15) is 9.59 Å². The molecule has 1 aromatic carbocycles. The van der Waals surface area contributed by atoms with E-state index in [2.05, 4.69) is 15.1 Å². The zero-order chi connectivity index (χ0) is 21.3. The van der Waals surface area contributed by atoms with Gasteiger partial charge in [0.1, 0.15) is 11.6 Å². The van der Waals surface area contributed by atoms with Gasteiger partial charge in [-0.15, -0.1) is 0 Å². The van der Waals surface area contributed by atoms with E-state index < -0.39 is 0 Å². The third-order valence-electron chi connectivity index (χ3n) is 5.54. The number of likely N-dealkylation sites (tertiary alicyclic amines) is 1. The number of ether oxygens (including phenoxy) is 1. The highest BCUT2D eigenvalue weighted by Gasteiger charge is 2.39. The van der Waals surface area contributed by atoms with Crippen LogP contribution in [0, 0.1) is 6.92 Å². The molecular weight excluding hydrogens is 384 g/mol. The normalized spacial score (nSPS) is 18.6. The maximum Gasteiger partial charge on any atom is 0.292 e. The number of rotatable bonds is 5. The SMILES string of the molecule is CCc1cc(C(=O)N2C[C@@H](c3ccc(OC)cc3)[C@H](c3cc(=O)[nH]c(C)n3)C2)on1. The Kier molecular flexibility index (Phi) is 5.39. The quantitative estimate of drug-likeness (QED) is 0.696. The number of benzene rings is 1. The van der Waals surface area contributed by atoms with Crippen LogP contribution in [0.4, 0.5) is 0 Å². The predicted octanol–water partition coefficient (Wildman–Crippen LogP) is 2.66. The number of aryl methyl sites for hydroxylation is 2. The van der Waals surface area contributed by atoms with Crippen molar-refractivity contribution >= 4 is 5.91 Å².